The van der Waals surface area contributed by atoms with Crippen LogP contribution in [0.3, 0.4) is 0 Å². The van der Waals surface area contributed by atoms with Crippen molar-refractivity contribution >= 4 is 46.6 Å². The lowest BCUT2D eigenvalue weighted by Gasteiger charge is -2.13. The van der Waals surface area contributed by atoms with Crippen LogP contribution in [0.25, 0.3) is 0 Å². The summed E-state index contributed by atoms with van der Waals surface area (Å²) in [5.41, 5.74) is 0.873. The zero-order valence-electron chi connectivity index (χ0n) is 15.8. The van der Waals surface area contributed by atoms with Crippen LogP contribution in [-0.4, -0.2) is 17.1 Å². The maximum Gasteiger partial charge on any atom is 0.258 e. The quantitative estimate of drug-likeness (QED) is 0.457. The van der Waals surface area contributed by atoms with Crippen molar-refractivity contribution in [2.24, 2.45) is 0 Å². The van der Waals surface area contributed by atoms with E-state index in [-0.39, 0.29) is 16.5 Å². The van der Waals surface area contributed by atoms with Crippen molar-refractivity contribution in [2.75, 3.05) is 10.6 Å². The lowest BCUT2D eigenvalue weighted by Crippen LogP contribution is -2.22. The van der Waals surface area contributed by atoms with Crippen LogP contribution in [0.4, 0.5) is 20.2 Å². The van der Waals surface area contributed by atoms with E-state index in [1.807, 2.05) is 0 Å². The Hall–Kier alpha value is -2.90. The van der Waals surface area contributed by atoms with Gasteiger partial charge in [-0.3, -0.25) is 9.59 Å². The van der Waals surface area contributed by atoms with Crippen LogP contribution >= 0.6 is 23.4 Å². The van der Waals surface area contributed by atoms with Crippen molar-refractivity contribution < 1.29 is 18.4 Å². The van der Waals surface area contributed by atoms with Crippen molar-refractivity contribution in [1.29, 1.82) is 0 Å². The number of halogens is 3. The molecule has 0 aliphatic carbocycles. The largest absolute Gasteiger partial charge is 0.325 e. The van der Waals surface area contributed by atoms with Crippen LogP contribution in [0.1, 0.15) is 17.3 Å². The van der Waals surface area contributed by atoms with E-state index in [1.165, 1.54) is 48.2 Å². The van der Waals surface area contributed by atoms with Gasteiger partial charge in [-0.05, 0) is 61.5 Å². The number of anilines is 2. The molecule has 3 rings (SSSR count). The topological polar surface area (TPSA) is 58.2 Å². The smallest absolute Gasteiger partial charge is 0.258 e. The Labute approximate surface area is 181 Å². The molecule has 30 heavy (non-hydrogen) atoms. The first-order valence-electron chi connectivity index (χ1n) is 8.92. The van der Waals surface area contributed by atoms with Crippen molar-refractivity contribution in [1.82, 2.24) is 0 Å². The second-order valence-electron chi connectivity index (χ2n) is 6.34. The highest BCUT2D eigenvalue weighted by Gasteiger charge is 2.16. The maximum absolute atomic E-state index is 13.7. The standard InChI is InChI=1S/C22H17ClF2N2O2S/c1-13(21(28)27-15-8-11-20(25)18(23)12-15)30-16-9-6-14(7-10-16)26-22(29)17-4-2-3-5-19(17)24/h2-13H,1H3,(H,26,29)(H,27,28). The molecule has 2 amide bonds. The first kappa shape index (κ1) is 21.8. The molecule has 1 atom stereocenters. The molecule has 0 bridgehead atoms. The molecular formula is C22H17ClF2N2O2S. The summed E-state index contributed by atoms with van der Waals surface area (Å²) in [5, 5.41) is 4.82. The lowest BCUT2D eigenvalue weighted by atomic mass is 10.2. The van der Waals surface area contributed by atoms with Crippen molar-refractivity contribution in [3.05, 3.63) is 89.0 Å². The Morgan fingerprint density at radius 3 is 2.23 bits per heavy atom. The fourth-order valence-electron chi connectivity index (χ4n) is 2.54. The van der Waals surface area contributed by atoms with E-state index in [2.05, 4.69) is 10.6 Å². The van der Waals surface area contributed by atoms with Crippen molar-refractivity contribution in [3.8, 4) is 0 Å². The average molecular weight is 447 g/mol. The molecule has 0 aliphatic heterocycles. The van der Waals surface area contributed by atoms with E-state index in [0.717, 1.165) is 4.90 Å². The Kier molecular flexibility index (Phi) is 7.07. The highest BCUT2D eigenvalue weighted by atomic mass is 35.5. The van der Waals surface area contributed by atoms with Gasteiger partial charge in [0.05, 0.1) is 15.8 Å². The second kappa shape index (κ2) is 9.73. The Morgan fingerprint density at radius 1 is 0.900 bits per heavy atom. The SMILES string of the molecule is CC(Sc1ccc(NC(=O)c2ccccc2F)cc1)C(=O)Nc1ccc(F)c(Cl)c1. The van der Waals surface area contributed by atoms with Crippen LogP contribution in [0.5, 0.6) is 0 Å². The average Bonchev–Trinajstić information content (AvgIpc) is 2.72. The zero-order chi connectivity index (χ0) is 21.7. The molecular weight excluding hydrogens is 430 g/mol. The van der Waals surface area contributed by atoms with E-state index in [1.54, 1.807) is 37.3 Å². The van der Waals surface area contributed by atoms with Gasteiger partial charge in [0.1, 0.15) is 11.6 Å². The van der Waals surface area contributed by atoms with Gasteiger partial charge < -0.3 is 10.6 Å². The summed E-state index contributed by atoms with van der Waals surface area (Å²) >= 11 is 7.04. The van der Waals surface area contributed by atoms with Crippen LogP contribution in [0.2, 0.25) is 5.02 Å². The highest BCUT2D eigenvalue weighted by molar-refractivity contribution is 8.00. The molecule has 0 radical (unpaired) electrons. The third-order valence-electron chi connectivity index (χ3n) is 4.10. The van der Waals surface area contributed by atoms with Gasteiger partial charge in [0, 0.05) is 16.3 Å². The minimum absolute atomic E-state index is 0.0397. The third kappa shape index (κ3) is 5.58. The third-order valence-corrected chi connectivity index (χ3v) is 5.50. The number of thioether (sulfide) groups is 1. The van der Waals surface area contributed by atoms with Gasteiger partial charge in [0.15, 0.2) is 0 Å². The first-order valence-corrected chi connectivity index (χ1v) is 10.2. The van der Waals surface area contributed by atoms with Crippen LogP contribution in [0.15, 0.2) is 71.6 Å². The molecule has 0 saturated heterocycles. The van der Waals surface area contributed by atoms with Crippen LogP contribution < -0.4 is 10.6 Å². The normalized spacial score (nSPS) is 11.6. The number of hydrogen-bond donors (Lipinski definition) is 2. The zero-order valence-corrected chi connectivity index (χ0v) is 17.4. The summed E-state index contributed by atoms with van der Waals surface area (Å²) in [4.78, 5) is 25.3. The minimum atomic E-state index is -0.593. The lowest BCUT2D eigenvalue weighted by molar-refractivity contribution is -0.115. The molecule has 0 spiro atoms. The molecule has 0 saturated carbocycles. The second-order valence-corrected chi connectivity index (χ2v) is 8.16. The number of rotatable bonds is 6. The number of carbonyl (C=O) groups excluding carboxylic acids is 2. The summed E-state index contributed by atoms with van der Waals surface area (Å²) in [7, 11) is 0. The van der Waals surface area contributed by atoms with E-state index in [9.17, 15) is 18.4 Å². The first-order chi connectivity index (χ1) is 14.3. The number of amides is 2. The van der Waals surface area contributed by atoms with E-state index in [0.29, 0.717) is 11.4 Å². The molecule has 3 aromatic carbocycles. The van der Waals surface area contributed by atoms with Gasteiger partial charge in [0.25, 0.3) is 5.91 Å². The van der Waals surface area contributed by atoms with Crippen molar-refractivity contribution in [2.45, 2.75) is 17.1 Å². The summed E-state index contributed by atoms with van der Waals surface area (Å²) in [6, 6.07) is 16.5. The van der Waals surface area contributed by atoms with Crippen molar-refractivity contribution in [3.63, 3.8) is 0 Å². The van der Waals surface area contributed by atoms with Gasteiger partial charge in [0.2, 0.25) is 5.91 Å². The van der Waals surface area contributed by atoms with E-state index < -0.39 is 22.8 Å². The maximum atomic E-state index is 13.7. The number of benzene rings is 3. The molecule has 3 aromatic rings. The predicted molar refractivity (Wildman–Crippen MR) is 116 cm³/mol. The molecule has 0 heterocycles. The minimum Gasteiger partial charge on any atom is -0.325 e. The molecule has 0 aliphatic rings. The van der Waals surface area contributed by atoms with E-state index in [4.69, 9.17) is 11.6 Å². The van der Waals surface area contributed by atoms with Gasteiger partial charge in [-0.1, -0.05) is 23.7 Å². The van der Waals surface area contributed by atoms with Crippen LogP contribution in [0, 0.1) is 11.6 Å². The summed E-state index contributed by atoms with van der Waals surface area (Å²) in [5.74, 6) is -1.96. The molecule has 8 heteroatoms. The number of carbonyl (C=O) groups is 2. The molecule has 4 nitrogen and oxygen atoms in total. The van der Waals surface area contributed by atoms with Crippen LogP contribution in [-0.2, 0) is 4.79 Å². The summed E-state index contributed by atoms with van der Waals surface area (Å²) < 4.78 is 26.9. The predicted octanol–water partition coefficient (Wildman–Crippen LogP) is 5.99. The molecule has 1 unspecified atom stereocenters. The van der Waals surface area contributed by atoms with Gasteiger partial charge in [-0.2, -0.15) is 0 Å². The Bertz CT molecular complexity index is 1080. The van der Waals surface area contributed by atoms with Gasteiger partial charge in [-0.15, -0.1) is 11.8 Å². The molecule has 0 fully saturated rings. The summed E-state index contributed by atoms with van der Waals surface area (Å²) in [6.07, 6.45) is 0. The molecule has 154 valence electrons. The van der Waals surface area contributed by atoms with Gasteiger partial charge in [-0.25, -0.2) is 8.78 Å². The molecule has 2 N–H and O–H groups in total. The highest BCUT2D eigenvalue weighted by Crippen LogP contribution is 2.26. The number of hydrogen-bond acceptors (Lipinski definition) is 3. The van der Waals surface area contributed by atoms with E-state index >= 15 is 0 Å². The Balaban J connectivity index is 1.58. The fourth-order valence-corrected chi connectivity index (χ4v) is 3.58. The molecule has 0 aromatic heterocycles. The fraction of sp³-hybridized carbons (Fsp3) is 0.0909. The number of nitrogens with one attached hydrogen (secondary N) is 2. The summed E-state index contributed by atoms with van der Waals surface area (Å²) in [6.45, 7) is 1.74. The Morgan fingerprint density at radius 2 is 1.57 bits per heavy atom. The monoisotopic (exact) mass is 446 g/mol. The van der Waals surface area contributed by atoms with Gasteiger partial charge >= 0.3 is 0 Å².